The van der Waals surface area contributed by atoms with Crippen LogP contribution in [0.5, 0.6) is 11.5 Å². The Morgan fingerprint density at radius 3 is 2.65 bits per heavy atom. The van der Waals surface area contributed by atoms with Gasteiger partial charge in [0.15, 0.2) is 17.3 Å². The maximum atomic E-state index is 13.0. The molecule has 2 aliphatic heterocycles. The molecular formula is C21H22ClN3O5S. The fourth-order valence-electron chi connectivity index (χ4n) is 3.88. The van der Waals surface area contributed by atoms with Gasteiger partial charge in [-0.05, 0) is 25.0 Å². The smallest absolute Gasteiger partial charge is 0.285 e. The number of fused-ring (bicyclic) bond motifs is 1. The number of amides is 1. The van der Waals surface area contributed by atoms with E-state index in [4.69, 9.17) is 21.1 Å². The van der Waals surface area contributed by atoms with Gasteiger partial charge in [0.05, 0.1) is 30.8 Å². The van der Waals surface area contributed by atoms with Gasteiger partial charge in [-0.15, -0.1) is 4.40 Å². The minimum Gasteiger partial charge on any atom is -0.493 e. The van der Waals surface area contributed by atoms with Crippen molar-refractivity contribution in [3.63, 3.8) is 0 Å². The number of hydrogen-bond donors (Lipinski definition) is 1. The molecule has 1 atom stereocenters. The van der Waals surface area contributed by atoms with Crippen LogP contribution in [-0.4, -0.2) is 52.4 Å². The minimum atomic E-state index is -3.71. The molecule has 8 nitrogen and oxygen atoms in total. The molecule has 2 aromatic carbocycles. The van der Waals surface area contributed by atoms with Crippen LogP contribution in [0.15, 0.2) is 45.7 Å². The van der Waals surface area contributed by atoms with E-state index in [1.165, 1.54) is 14.2 Å². The van der Waals surface area contributed by atoms with Gasteiger partial charge < -0.3 is 19.7 Å². The second-order valence-corrected chi connectivity index (χ2v) is 9.33. The molecular weight excluding hydrogens is 442 g/mol. The van der Waals surface area contributed by atoms with Crippen LogP contribution in [0.4, 0.5) is 5.69 Å². The molecule has 164 valence electrons. The average Bonchev–Trinajstić information content (AvgIpc) is 3.06. The zero-order chi connectivity index (χ0) is 22.2. The Hall–Kier alpha value is -2.78. The topological polar surface area (TPSA) is 97.3 Å². The number of carbonyl (C=O) groups excluding carboxylic acids is 1. The highest BCUT2D eigenvalue weighted by Crippen LogP contribution is 2.36. The highest BCUT2D eigenvalue weighted by Gasteiger charge is 2.35. The van der Waals surface area contributed by atoms with Crippen LogP contribution >= 0.6 is 11.6 Å². The lowest BCUT2D eigenvalue weighted by Crippen LogP contribution is -2.43. The van der Waals surface area contributed by atoms with Gasteiger partial charge in [0.25, 0.3) is 10.0 Å². The predicted molar refractivity (Wildman–Crippen MR) is 118 cm³/mol. The number of anilines is 1. The van der Waals surface area contributed by atoms with Crippen molar-refractivity contribution in [1.82, 2.24) is 4.90 Å². The maximum Gasteiger partial charge on any atom is 0.285 e. The number of halogens is 1. The molecule has 0 bridgehead atoms. The number of methoxy groups -OCH3 is 2. The molecule has 1 amide bonds. The summed E-state index contributed by atoms with van der Waals surface area (Å²) >= 11 is 6.29. The monoisotopic (exact) mass is 463 g/mol. The number of sulfonamides is 1. The predicted octanol–water partition coefficient (Wildman–Crippen LogP) is 3.16. The SMILES string of the molecule is COc1cc(Cl)c(NC(=O)C2CCCN(C3=NS(=O)(=O)c4ccccc43)C2)cc1OC. The van der Waals surface area contributed by atoms with E-state index >= 15 is 0 Å². The van der Waals surface area contributed by atoms with Crippen LogP contribution in [0.3, 0.4) is 0 Å². The van der Waals surface area contributed by atoms with Gasteiger partial charge in [-0.25, -0.2) is 0 Å². The van der Waals surface area contributed by atoms with Crippen LogP contribution in [0.2, 0.25) is 5.02 Å². The zero-order valence-electron chi connectivity index (χ0n) is 17.1. The van der Waals surface area contributed by atoms with Gasteiger partial charge in [-0.1, -0.05) is 23.7 Å². The van der Waals surface area contributed by atoms with Crippen LogP contribution < -0.4 is 14.8 Å². The Balaban J connectivity index is 1.53. The molecule has 0 aromatic heterocycles. The number of nitrogens with zero attached hydrogens (tertiary/aromatic N) is 2. The summed E-state index contributed by atoms with van der Waals surface area (Å²) in [6.07, 6.45) is 1.41. The van der Waals surface area contributed by atoms with E-state index in [1.807, 2.05) is 4.90 Å². The van der Waals surface area contributed by atoms with Gasteiger partial charge in [0, 0.05) is 30.8 Å². The van der Waals surface area contributed by atoms with Gasteiger partial charge in [-0.3, -0.25) is 4.79 Å². The van der Waals surface area contributed by atoms with E-state index < -0.39 is 10.0 Å². The molecule has 0 saturated carbocycles. The number of benzene rings is 2. The van der Waals surface area contributed by atoms with Crippen LogP contribution in [0.1, 0.15) is 18.4 Å². The van der Waals surface area contributed by atoms with Crippen molar-refractivity contribution >= 4 is 39.1 Å². The molecule has 10 heteroatoms. The van der Waals surface area contributed by atoms with Gasteiger partial charge in [0.1, 0.15) is 4.90 Å². The van der Waals surface area contributed by atoms with E-state index in [2.05, 4.69) is 9.71 Å². The average molecular weight is 464 g/mol. The number of amidine groups is 1. The highest BCUT2D eigenvalue weighted by atomic mass is 35.5. The summed E-state index contributed by atoms with van der Waals surface area (Å²) in [6, 6.07) is 9.94. The second kappa shape index (κ2) is 8.39. The van der Waals surface area contributed by atoms with Crippen molar-refractivity contribution in [2.24, 2.45) is 10.3 Å². The van der Waals surface area contributed by atoms with Crippen molar-refractivity contribution in [1.29, 1.82) is 0 Å². The molecule has 0 radical (unpaired) electrons. The van der Waals surface area contributed by atoms with Crippen molar-refractivity contribution in [2.75, 3.05) is 32.6 Å². The fourth-order valence-corrected chi connectivity index (χ4v) is 5.31. The Labute approximate surface area is 185 Å². The van der Waals surface area contributed by atoms with E-state index in [0.717, 1.165) is 6.42 Å². The third kappa shape index (κ3) is 4.07. The molecule has 31 heavy (non-hydrogen) atoms. The first kappa shape index (κ1) is 21.5. The second-order valence-electron chi connectivity index (χ2n) is 7.35. The molecule has 1 N–H and O–H groups in total. The van der Waals surface area contributed by atoms with E-state index in [-0.39, 0.29) is 16.7 Å². The van der Waals surface area contributed by atoms with E-state index in [0.29, 0.717) is 53.1 Å². The number of carbonyl (C=O) groups is 1. The lowest BCUT2D eigenvalue weighted by Gasteiger charge is -2.33. The Bertz CT molecular complexity index is 1170. The Morgan fingerprint density at radius 1 is 1.19 bits per heavy atom. The molecule has 0 aliphatic carbocycles. The third-order valence-electron chi connectivity index (χ3n) is 5.44. The number of ether oxygens (including phenoxy) is 2. The van der Waals surface area contributed by atoms with Crippen molar-refractivity contribution in [3.05, 3.63) is 47.0 Å². The lowest BCUT2D eigenvalue weighted by molar-refractivity contribution is -0.121. The summed E-state index contributed by atoms with van der Waals surface area (Å²) in [5.41, 5.74) is 0.999. The molecule has 4 rings (SSSR count). The highest BCUT2D eigenvalue weighted by molar-refractivity contribution is 7.90. The largest absolute Gasteiger partial charge is 0.493 e. The van der Waals surface area contributed by atoms with Crippen LogP contribution in [0.25, 0.3) is 0 Å². The van der Waals surface area contributed by atoms with Crippen LogP contribution in [0, 0.1) is 5.92 Å². The maximum absolute atomic E-state index is 13.0. The lowest BCUT2D eigenvalue weighted by atomic mass is 9.96. The summed E-state index contributed by atoms with van der Waals surface area (Å²) in [5.74, 6) is 0.768. The summed E-state index contributed by atoms with van der Waals surface area (Å²) in [7, 11) is -0.696. The minimum absolute atomic E-state index is 0.200. The van der Waals surface area contributed by atoms with E-state index in [9.17, 15) is 13.2 Å². The van der Waals surface area contributed by atoms with Crippen molar-refractivity contribution < 1.29 is 22.7 Å². The summed E-state index contributed by atoms with van der Waals surface area (Å²) in [5, 5.41) is 3.19. The number of nitrogens with one attached hydrogen (secondary N) is 1. The number of hydrogen-bond acceptors (Lipinski definition) is 6. The summed E-state index contributed by atoms with van der Waals surface area (Å²) in [6.45, 7) is 0.989. The van der Waals surface area contributed by atoms with Gasteiger partial charge >= 0.3 is 0 Å². The molecule has 2 aliphatic rings. The van der Waals surface area contributed by atoms with Crippen molar-refractivity contribution in [3.8, 4) is 11.5 Å². The first-order valence-corrected chi connectivity index (χ1v) is 11.6. The molecule has 1 fully saturated rings. The molecule has 2 heterocycles. The summed E-state index contributed by atoms with van der Waals surface area (Å²) < 4.78 is 39.2. The van der Waals surface area contributed by atoms with Crippen molar-refractivity contribution in [2.45, 2.75) is 17.7 Å². The first-order chi connectivity index (χ1) is 14.8. The first-order valence-electron chi connectivity index (χ1n) is 9.75. The Kier molecular flexibility index (Phi) is 5.81. The number of piperidine rings is 1. The normalized spacial score (nSPS) is 19.4. The molecule has 0 spiro atoms. The van der Waals surface area contributed by atoms with E-state index in [1.54, 1.807) is 36.4 Å². The quantitative estimate of drug-likeness (QED) is 0.748. The fraction of sp³-hybridized carbons (Fsp3) is 0.333. The standard InChI is InChI=1S/C21H22ClN3O5S/c1-29-17-10-15(22)16(11-18(17)30-2)23-21(26)13-6-5-9-25(12-13)20-14-7-3-4-8-19(14)31(27,28)24-20/h3-4,7-8,10-11,13H,5-6,9,12H2,1-2H3,(H,23,26). The molecule has 1 saturated heterocycles. The zero-order valence-corrected chi connectivity index (χ0v) is 18.7. The third-order valence-corrected chi connectivity index (χ3v) is 7.07. The summed E-state index contributed by atoms with van der Waals surface area (Å²) in [4.78, 5) is 15.1. The number of rotatable bonds is 4. The Morgan fingerprint density at radius 2 is 1.90 bits per heavy atom. The number of likely N-dealkylation sites (tertiary alicyclic amines) is 1. The van der Waals surface area contributed by atoms with Gasteiger partial charge in [0.2, 0.25) is 5.91 Å². The molecule has 2 aromatic rings. The molecule has 1 unspecified atom stereocenters. The van der Waals surface area contributed by atoms with Gasteiger partial charge in [-0.2, -0.15) is 8.42 Å². The van der Waals surface area contributed by atoms with Crippen LogP contribution in [-0.2, 0) is 14.8 Å².